The summed E-state index contributed by atoms with van der Waals surface area (Å²) in [6.07, 6.45) is 2.86. The minimum atomic E-state index is -0.0262. The van der Waals surface area contributed by atoms with E-state index in [1.165, 1.54) is 4.90 Å². The van der Waals surface area contributed by atoms with Gasteiger partial charge in [-0.2, -0.15) is 0 Å². The van der Waals surface area contributed by atoms with Crippen LogP contribution in [0.4, 0.5) is 0 Å². The Balaban J connectivity index is 1.66. The SMILES string of the molecule is CN=C(NCCCSc1ccccc1)NCc1ncc(C(C)(C)C)o1. The van der Waals surface area contributed by atoms with Gasteiger partial charge in [0.05, 0.1) is 12.7 Å². The van der Waals surface area contributed by atoms with Crippen LogP contribution in [0.15, 0.2) is 50.8 Å². The van der Waals surface area contributed by atoms with Crippen molar-refractivity contribution in [2.45, 2.75) is 44.0 Å². The summed E-state index contributed by atoms with van der Waals surface area (Å²) in [6, 6.07) is 10.5. The maximum absolute atomic E-state index is 5.78. The number of oxazole rings is 1. The second-order valence-electron chi connectivity index (χ2n) is 6.74. The van der Waals surface area contributed by atoms with Gasteiger partial charge in [-0.05, 0) is 24.3 Å². The number of nitrogens with one attached hydrogen (secondary N) is 2. The Morgan fingerprint density at radius 1 is 1.20 bits per heavy atom. The van der Waals surface area contributed by atoms with E-state index in [9.17, 15) is 0 Å². The van der Waals surface area contributed by atoms with Crippen molar-refractivity contribution in [3.05, 3.63) is 48.2 Å². The van der Waals surface area contributed by atoms with Crippen LogP contribution >= 0.6 is 11.8 Å². The van der Waals surface area contributed by atoms with Crippen LogP contribution in [0.25, 0.3) is 0 Å². The number of hydrogen-bond acceptors (Lipinski definition) is 4. The maximum atomic E-state index is 5.78. The van der Waals surface area contributed by atoms with E-state index in [1.54, 1.807) is 13.2 Å². The van der Waals surface area contributed by atoms with Crippen LogP contribution in [0.1, 0.15) is 38.8 Å². The average molecular weight is 361 g/mol. The number of benzene rings is 1. The number of thioether (sulfide) groups is 1. The molecular weight excluding hydrogens is 332 g/mol. The van der Waals surface area contributed by atoms with Gasteiger partial charge in [-0.25, -0.2) is 4.98 Å². The van der Waals surface area contributed by atoms with Crippen molar-refractivity contribution in [2.24, 2.45) is 4.99 Å². The summed E-state index contributed by atoms with van der Waals surface area (Å²) in [7, 11) is 1.77. The average Bonchev–Trinajstić information content (AvgIpc) is 3.07. The van der Waals surface area contributed by atoms with Gasteiger partial charge in [0.1, 0.15) is 5.76 Å². The van der Waals surface area contributed by atoms with Crippen LogP contribution in [0.5, 0.6) is 0 Å². The molecule has 1 heterocycles. The predicted octanol–water partition coefficient (Wildman–Crippen LogP) is 3.82. The zero-order chi connectivity index (χ0) is 18.1. The van der Waals surface area contributed by atoms with Crippen LogP contribution in [0.3, 0.4) is 0 Å². The van der Waals surface area contributed by atoms with E-state index in [0.29, 0.717) is 12.4 Å². The van der Waals surface area contributed by atoms with Crippen molar-refractivity contribution in [1.29, 1.82) is 0 Å². The van der Waals surface area contributed by atoms with Gasteiger partial charge in [0.15, 0.2) is 5.96 Å². The third kappa shape index (κ3) is 6.82. The van der Waals surface area contributed by atoms with E-state index in [-0.39, 0.29) is 5.41 Å². The van der Waals surface area contributed by atoms with E-state index in [1.807, 2.05) is 17.8 Å². The number of aromatic nitrogens is 1. The molecule has 0 bridgehead atoms. The van der Waals surface area contributed by atoms with Crippen LogP contribution < -0.4 is 10.6 Å². The van der Waals surface area contributed by atoms with Gasteiger partial charge in [0, 0.05) is 23.9 Å². The highest BCUT2D eigenvalue weighted by molar-refractivity contribution is 7.99. The summed E-state index contributed by atoms with van der Waals surface area (Å²) < 4.78 is 5.78. The van der Waals surface area contributed by atoms with Gasteiger partial charge < -0.3 is 15.1 Å². The summed E-state index contributed by atoms with van der Waals surface area (Å²) in [5, 5.41) is 6.55. The topological polar surface area (TPSA) is 62.5 Å². The van der Waals surface area contributed by atoms with Crippen molar-refractivity contribution in [3.63, 3.8) is 0 Å². The van der Waals surface area contributed by atoms with Crippen molar-refractivity contribution >= 4 is 17.7 Å². The fourth-order valence-corrected chi connectivity index (χ4v) is 2.98. The molecular formula is C19H28N4OS. The Kier molecular flexibility index (Phi) is 7.37. The highest BCUT2D eigenvalue weighted by Gasteiger charge is 2.19. The number of aliphatic imine (C=N–C) groups is 1. The lowest BCUT2D eigenvalue weighted by Crippen LogP contribution is -2.37. The second kappa shape index (κ2) is 9.51. The molecule has 1 aromatic carbocycles. The maximum Gasteiger partial charge on any atom is 0.213 e. The largest absolute Gasteiger partial charge is 0.443 e. The fourth-order valence-electron chi connectivity index (χ4n) is 2.10. The molecule has 25 heavy (non-hydrogen) atoms. The van der Waals surface area contributed by atoms with Gasteiger partial charge in [-0.1, -0.05) is 39.0 Å². The molecule has 2 N–H and O–H groups in total. The summed E-state index contributed by atoms with van der Waals surface area (Å²) in [6.45, 7) is 7.73. The monoisotopic (exact) mass is 360 g/mol. The molecule has 0 saturated carbocycles. The molecule has 2 rings (SSSR count). The molecule has 0 atom stereocenters. The second-order valence-corrected chi connectivity index (χ2v) is 7.90. The van der Waals surface area contributed by atoms with Gasteiger partial charge in [0.2, 0.25) is 5.89 Å². The first kappa shape index (κ1) is 19.4. The lowest BCUT2D eigenvalue weighted by molar-refractivity contribution is 0.379. The van der Waals surface area contributed by atoms with Gasteiger partial charge in [-0.15, -0.1) is 11.8 Å². The quantitative estimate of drug-likeness (QED) is 0.340. The lowest BCUT2D eigenvalue weighted by atomic mass is 9.94. The molecule has 0 aliphatic rings. The zero-order valence-corrected chi connectivity index (χ0v) is 16.3. The molecule has 6 heteroatoms. The van der Waals surface area contributed by atoms with Gasteiger partial charge in [0.25, 0.3) is 0 Å². The lowest BCUT2D eigenvalue weighted by Gasteiger charge is -2.13. The summed E-state index contributed by atoms with van der Waals surface area (Å²) in [4.78, 5) is 9.86. The highest BCUT2D eigenvalue weighted by Crippen LogP contribution is 2.22. The Morgan fingerprint density at radius 2 is 1.96 bits per heavy atom. The minimum Gasteiger partial charge on any atom is -0.443 e. The molecule has 0 spiro atoms. The van der Waals surface area contributed by atoms with Gasteiger partial charge >= 0.3 is 0 Å². The van der Waals surface area contributed by atoms with Crippen molar-refractivity contribution in [1.82, 2.24) is 15.6 Å². The molecule has 136 valence electrons. The van der Waals surface area contributed by atoms with Gasteiger partial charge in [-0.3, -0.25) is 4.99 Å². The van der Waals surface area contributed by atoms with Crippen molar-refractivity contribution in [3.8, 4) is 0 Å². The van der Waals surface area contributed by atoms with E-state index in [0.717, 1.165) is 30.4 Å². The van der Waals surface area contributed by atoms with Crippen LogP contribution in [0.2, 0.25) is 0 Å². The molecule has 0 radical (unpaired) electrons. The van der Waals surface area contributed by atoms with Crippen molar-refractivity contribution in [2.75, 3.05) is 19.3 Å². The molecule has 0 saturated heterocycles. The Morgan fingerprint density at radius 3 is 2.60 bits per heavy atom. The van der Waals surface area contributed by atoms with Crippen LogP contribution in [0, 0.1) is 0 Å². The predicted molar refractivity (Wildman–Crippen MR) is 105 cm³/mol. The normalized spacial score (nSPS) is 12.2. The molecule has 0 amide bonds. The summed E-state index contributed by atoms with van der Waals surface area (Å²) in [5.41, 5.74) is -0.0262. The molecule has 0 unspecified atom stereocenters. The minimum absolute atomic E-state index is 0.0262. The third-order valence-corrected chi connectivity index (χ3v) is 4.65. The highest BCUT2D eigenvalue weighted by atomic mass is 32.2. The number of guanidine groups is 1. The summed E-state index contributed by atoms with van der Waals surface area (Å²) in [5.74, 6) is 3.40. The van der Waals surface area contributed by atoms with Crippen LogP contribution in [-0.4, -0.2) is 30.3 Å². The Bertz CT molecular complexity index is 662. The Hall–Kier alpha value is -1.95. The molecule has 2 aromatic rings. The van der Waals surface area contributed by atoms with E-state index in [4.69, 9.17) is 4.42 Å². The summed E-state index contributed by atoms with van der Waals surface area (Å²) >= 11 is 1.87. The fraction of sp³-hybridized carbons (Fsp3) is 0.474. The zero-order valence-electron chi connectivity index (χ0n) is 15.5. The van der Waals surface area contributed by atoms with Crippen molar-refractivity contribution < 1.29 is 4.42 Å². The molecule has 1 aromatic heterocycles. The standard InChI is InChI=1S/C19H28N4OS/c1-19(2,3)16-13-22-17(24-16)14-23-18(20-4)21-11-8-12-25-15-9-6-5-7-10-15/h5-7,9-10,13H,8,11-12,14H2,1-4H3,(H2,20,21,23). The van der Waals surface area contributed by atoms with E-state index >= 15 is 0 Å². The Labute approximate surface area is 154 Å². The number of rotatable bonds is 7. The van der Waals surface area contributed by atoms with Crippen LogP contribution in [-0.2, 0) is 12.0 Å². The van der Waals surface area contributed by atoms with E-state index in [2.05, 4.69) is 65.6 Å². The molecule has 0 fully saturated rings. The van der Waals surface area contributed by atoms with E-state index < -0.39 is 0 Å². The first-order chi connectivity index (χ1) is 12.0. The third-order valence-electron chi connectivity index (χ3n) is 3.55. The smallest absolute Gasteiger partial charge is 0.213 e. The number of nitrogens with zero attached hydrogens (tertiary/aromatic N) is 2. The molecule has 0 aliphatic heterocycles. The molecule has 0 aliphatic carbocycles. The first-order valence-corrected chi connectivity index (χ1v) is 9.55. The molecule has 5 nitrogen and oxygen atoms in total. The first-order valence-electron chi connectivity index (χ1n) is 8.56. The number of hydrogen-bond donors (Lipinski definition) is 2.